The Bertz CT molecular complexity index is 1090. The van der Waals surface area contributed by atoms with Gasteiger partial charge in [0.25, 0.3) is 5.91 Å². The van der Waals surface area contributed by atoms with Gasteiger partial charge in [0.1, 0.15) is 5.75 Å². The average Bonchev–Trinajstić information content (AvgIpc) is 3.42. The molecule has 2 heterocycles. The van der Waals surface area contributed by atoms with E-state index in [2.05, 4.69) is 31.2 Å². The lowest BCUT2D eigenvalue weighted by Crippen LogP contribution is -2.16. The van der Waals surface area contributed by atoms with Crippen LogP contribution in [-0.2, 0) is 12.5 Å². The van der Waals surface area contributed by atoms with Crippen molar-refractivity contribution in [3.63, 3.8) is 0 Å². The number of aryl methyl sites for hydroxylation is 2. The van der Waals surface area contributed by atoms with Crippen LogP contribution in [0.1, 0.15) is 66.8 Å². The van der Waals surface area contributed by atoms with Crippen LogP contribution >= 0.6 is 0 Å². The Morgan fingerprint density at radius 1 is 1.25 bits per heavy atom. The van der Waals surface area contributed by atoms with Crippen molar-refractivity contribution in [3.8, 4) is 5.75 Å². The Kier molecular flexibility index (Phi) is 4.17. The van der Waals surface area contributed by atoms with Gasteiger partial charge in [-0.2, -0.15) is 5.10 Å². The van der Waals surface area contributed by atoms with Crippen LogP contribution in [0.25, 0.3) is 11.0 Å². The molecule has 1 saturated carbocycles. The van der Waals surface area contributed by atoms with Crippen LogP contribution in [0.5, 0.6) is 5.75 Å². The molecule has 0 spiro atoms. The van der Waals surface area contributed by atoms with Crippen LogP contribution in [0.15, 0.2) is 24.3 Å². The maximum Gasteiger partial charge on any atom is 0.256 e. The largest absolute Gasteiger partial charge is 0.506 e. The van der Waals surface area contributed by atoms with Gasteiger partial charge in [0, 0.05) is 18.7 Å². The number of hydrogen-bond donors (Lipinski definition) is 2. The average molecular weight is 378 g/mol. The number of nitrogens with one attached hydrogen (secondary N) is 1. The summed E-state index contributed by atoms with van der Waals surface area (Å²) in [5.41, 5.74) is 4.35. The van der Waals surface area contributed by atoms with E-state index in [4.69, 9.17) is 4.98 Å². The summed E-state index contributed by atoms with van der Waals surface area (Å²) >= 11 is 0. The minimum Gasteiger partial charge on any atom is -0.506 e. The number of amides is 1. The van der Waals surface area contributed by atoms with E-state index < -0.39 is 0 Å². The highest BCUT2D eigenvalue weighted by molar-refractivity contribution is 6.13. The van der Waals surface area contributed by atoms with Crippen molar-refractivity contribution in [3.05, 3.63) is 46.8 Å². The molecule has 0 atom stereocenters. The molecule has 28 heavy (non-hydrogen) atoms. The molecule has 1 aliphatic rings. The third kappa shape index (κ3) is 3.23. The number of carbonyl (C=O) groups is 1. The molecule has 0 saturated heterocycles. The maximum absolute atomic E-state index is 13.2. The lowest BCUT2D eigenvalue weighted by molar-refractivity contribution is 0.102. The standard InChI is InChI=1S/C22H26N4O2/c1-12-19-15(11-16(13-6-7-13)23-20(19)26(5)25-12)21(28)24-17-10-14(22(2,3)4)8-9-18(17)27/h8-11,13,27H,6-7H2,1-5H3,(H,24,28). The van der Waals surface area contributed by atoms with E-state index in [0.29, 0.717) is 17.2 Å². The second-order valence-corrected chi connectivity index (χ2v) is 8.71. The Balaban J connectivity index is 1.78. The molecule has 146 valence electrons. The molecule has 1 fully saturated rings. The van der Waals surface area contributed by atoms with E-state index >= 15 is 0 Å². The van der Waals surface area contributed by atoms with Gasteiger partial charge in [0.2, 0.25) is 0 Å². The topological polar surface area (TPSA) is 80.0 Å². The minimum atomic E-state index is -0.258. The Morgan fingerprint density at radius 2 is 1.96 bits per heavy atom. The Morgan fingerprint density at radius 3 is 2.61 bits per heavy atom. The van der Waals surface area contributed by atoms with Gasteiger partial charge in [-0.1, -0.05) is 26.8 Å². The number of phenolic OH excluding ortho intramolecular Hbond substituents is 1. The van der Waals surface area contributed by atoms with Crippen LogP contribution in [0.2, 0.25) is 0 Å². The fourth-order valence-corrected chi connectivity index (χ4v) is 3.52. The first-order valence-corrected chi connectivity index (χ1v) is 9.64. The van der Waals surface area contributed by atoms with Crippen LogP contribution < -0.4 is 5.32 Å². The number of aromatic nitrogens is 3. The number of rotatable bonds is 3. The van der Waals surface area contributed by atoms with Crippen molar-refractivity contribution in [2.45, 2.75) is 51.9 Å². The molecule has 0 bridgehead atoms. The normalized spacial score (nSPS) is 14.5. The molecule has 0 radical (unpaired) electrons. The number of carbonyl (C=O) groups excluding carboxylic acids is 1. The predicted octanol–water partition coefficient (Wildman–Crippen LogP) is 4.41. The zero-order valence-corrected chi connectivity index (χ0v) is 17.0. The first-order chi connectivity index (χ1) is 13.1. The lowest BCUT2D eigenvalue weighted by atomic mass is 9.87. The highest BCUT2D eigenvalue weighted by atomic mass is 16.3. The molecule has 4 rings (SSSR count). The summed E-state index contributed by atoms with van der Waals surface area (Å²) in [7, 11) is 1.85. The molecular formula is C22H26N4O2. The van der Waals surface area contributed by atoms with Gasteiger partial charge < -0.3 is 10.4 Å². The number of anilines is 1. The Labute approximate surface area is 164 Å². The second-order valence-electron chi connectivity index (χ2n) is 8.71. The summed E-state index contributed by atoms with van der Waals surface area (Å²) in [5, 5.41) is 18.4. The van der Waals surface area contributed by atoms with Gasteiger partial charge in [-0.15, -0.1) is 0 Å². The lowest BCUT2D eigenvalue weighted by Gasteiger charge is -2.20. The van der Waals surface area contributed by atoms with Crippen LogP contribution in [0, 0.1) is 6.92 Å². The van der Waals surface area contributed by atoms with E-state index in [1.54, 1.807) is 10.7 Å². The van der Waals surface area contributed by atoms with Crippen LogP contribution in [-0.4, -0.2) is 25.8 Å². The quantitative estimate of drug-likeness (QED) is 0.662. The smallest absolute Gasteiger partial charge is 0.256 e. The number of nitrogens with zero attached hydrogens (tertiary/aromatic N) is 3. The Hall–Kier alpha value is -2.89. The minimum absolute atomic E-state index is 0.0528. The number of pyridine rings is 1. The zero-order chi connectivity index (χ0) is 20.2. The van der Waals surface area contributed by atoms with Gasteiger partial charge in [0.05, 0.1) is 22.3 Å². The van der Waals surface area contributed by atoms with Crippen LogP contribution in [0.3, 0.4) is 0 Å². The molecular weight excluding hydrogens is 352 g/mol. The summed E-state index contributed by atoms with van der Waals surface area (Å²) < 4.78 is 1.73. The van der Waals surface area contributed by atoms with E-state index in [-0.39, 0.29) is 17.1 Å². The summed E-state index contributed by atoms with van der Waals surface area (Å²) in [6.45, 7) is 8.17. The van der Waals surface area contributed by atoms with E-state index in [9.17, 15) is 9.90 Å². The van der Waals surface area contributed by atoms with Crippen LogP contribution in [0.4, 0.5) is 5.69 Å². The molecule has 0 aliphatic heterocycles. The highest BCUT2D eigenvalue weighted by Gasteiger charge is 2.28. The van der Waals surface area contributed by atoms with Crippen molar-refractivity contribution in [1.82, 2.24) is 14.8 Å². The van der Waals surface area contributed by atoms with Gasteiger partial charge in [-0.25, -0.2) is 4.98 Å². The predicted molar refractivity (Wildman–Crippen MR) is 110 cm³/mol. The van der Waals surface area contributed by atoms with Gasteiger partial charge >= 0.3 is 0 Å². The first kappa shape index (κ1) is 18.5. The first-order valence-electron chi connectivity index (χ1n) is 9.64. The van der Waals surface area contributed by atoms with Gasteiger partial charge in [0.15, 0.2) is 5.65 Å². The summed E-state index contributed by atoms with van der Waals surface area (Å²) in [5.74, 6) is 0.215. The molecule has 6 nitrogen and oxygen atoms in total. The molecule has 2 aromatic heterocycles. The zero-order valence-electron chi connectivity index (χ0n) is 17.0. The third-order valence-electron chi connectivity index (χ3n) is 5.34. The van der Waals surface area contributed by atoms with E-state index in [0.717, 1.165) is 40.8 Å². The molecule has 0 unspecified atom stereocenters. The number of aromatic hydroxyl groups is 1. The molecule has 6 heteroatoms. The number of fused-ring (bicyclic) bond motifs is 1. The molecule has 1 aliphatic carbocycles. The maximum atomic E-state index is 13.2. The van der Waals surface area contributed by atoms with Crippen molar-refractivity contribution >= 4 is 22.6 Å². The van der Waals surface area contributed by atoms with Crippen molar-refractivity contribution in [2.24, 2.45) is 7.05 Å². The van der Waals surface area contributed by atoms with Crippen molar-refractivity contribution in [1.29, 1.82) is 0 Å². The monoisotopic (exact) mass is 378 g/mol. The van der Waals surface area contributed by atoms with Gasteiger partial charge in [-0.05, 0) is 48.9 Å². The number of hydrogen-bond acceptors (Lipinski definition) is 4. The number of phenols is 1. The SMILES string of the molecule is Cc1nn(C)c2nc(C3CC3)cc(C(=O)Nc3cc(C(C)(C)C)ccc3O)c12. The van der Waals surface area contributed by atoms with Crippen molar-refractivity contribution in [2.75, 3.05) is 5.32 Å². The fourth-order valence-electron chi connectivity index (χ4n) is 3.52. The van der Waals surface area contributed by atoms with Crippen molar-refractivity contribution < 1.29 is 9.90 Å². The fraction of sp³-hybridized carbons (Fsp3) is 0.409. The van der Waals surface area contributed by atoms with E-state index in [1.165, 1.54) is 0 Å². The van der Waals surface area contributed by atoms with Gasteiger partial charge in [-0.3, -0.25) is 9.48 Å². The molecule has 3 aromatic rings. The summed E-state index contributed by atoms with van der Waals surface area (Å²) in [6.07, 6.45) is 2.20. The summed E-state index contributed by atoms with van der Waals surface area (Å²) in [4.78, 5) is 18.0. The molecule has 1 amide bonds. The summed E-state index contributed by atoms with van der Waals surface area (Å²) in [6, 6.07) is 7.23. The molecule has 2 N–H and O–H groups in total. The third-order valence-corrected chi connectivity index (χ3v) is 5.34. The highest BCUT2D eigenvalue weighted by Crippen LogP contribution is 2.40. The van der Waals surface area contributed by atoms with E-state index in [1.807, 2.05) is 32.2 Å². The number of benzene rings is 1. The molecule has 1 aromatic carbocycles. The second kappa shape index (κ2) is 6.33.